The highest BCUT2D eigenvalue weighted by molar-refractivity contribution is 6.35. The average molecular weight is 685 g/mol. The predicted molar refractivity (Wildman–Crippen MR) is 180 cm³/mol. The number of ketones is 4. The van der Waals surface area contributed by atoms with Crippen LogP contribution in [0.4, 0.5) is 0 Å². The molecule has 12 nitrogen and oxygen atoms in total. The first kappa shape index (κ1) is 41.5. The van der Waals surface area contributed by atoms with Crippen molar-refractivity contribution in [1.29, 1.82) is 0 Å². The molecule has 0 amide bonds. The first-order valence-electron chi connectivity index (χ1n) is 14.8. The molecule has 0 spiro atoms. The van der Waals surface area contributed by atoms with Gasteiger partial charge in [-0.3, -0.25) is 19.2 Å². The topological polar surface area (TPSA) is 206 Å². The Bertz CT molecular complexity index is 1660. The third-order valence-corrected chi connectivity index (χ3v) is 6.42. The van der Waals surface area contributed by atoms with E-state index in [1.165, 1.54) is 7.11 Å². The van der Waals surface area contributed by atoms with Gasteiger partial charge in [-0.05, 0) is 22.3 Å². The summed E-state index contributed by atoms with van der Waals surface area (Å²) in [6.45, 7) is 1.59. The maximum absolute atomic E-state index is 11.1. The van der Waals surface area contributed by atoms with E-state index in [4.69, 9.17) is 15.3 Å². The van der Waals surface area contributed by atoms with Gasteiger partial charge in [0.2, 0.25) is 23.1 Å². The van der Waals surface area contributed by atoms with E-state index in [-0.39, 0.29) is 19.3 Å². The third kappa shape index (κ3) is 16.8. The van der Waals surface area contributed by atoms with Gasteiger partial charge >= 0.3 is 23.9 Å². The van der Waals surface area contributed by atoms with Crippen LogP contribution in [0.5, 0.6) is 0 Å². The minimum Gasteiger partial charge on any atom is -0.475 e. The number of hydrogen-bond donors (Lipinski definition) is 3. The van der Waals surface area contributed by atoms with Crippen molar-refractivity contribution in [2.75, 3.05) is 7.11 Å². The van der Waals surface area contributed by atoms with Crippen molar-refractivity contribution in [2.24, 2.45) is 0 Å². The maximum Gasteiger partial charge on any atom is 0.374 e. The Hall–Kier alpha value is -6.56. The average Bonchev–Trinajstić information content (AvgIpc) is 3.13. The molecule has 0 heterocycles. The first-order chi connectivity index (χ1) is 23.8. The molecule has 0 bridgehead atoms. The minimum atomic E-state index is -1.38. The van der Waals surface area contributed by atoms with E-state index in [1.807, 2.05) is 36.4 Å². The monoisotopic (exact) mass is 684 g/mol. The Morgan fingerprint density at radius 1 is 0.480 bits per heavy atom. The summed E-state index contributed by atoms with van der Waals surface area (Å²) in [6, 6.07) is 35.5. The van der Waals surface area contributed by atoms with Crippen LogP contribution >= 0.6 is 0 Å². The number of carboxylic acid groups (broad SMARTS) is 3. The number of Topliss-reactive ketones (excluding diaryl/α,β-unsaturated/α-hetero) is 4. The Morgan fingerprint density at radius 2 is 0.780 bits per heavy atom. The molecule has 4 aromatic carbocycles. The number of carbonyl (C=O) groups excluding carboxylic acids is 5. The lowest BCUT2D eigenvalue weighted by Crippen LogP contribution is -2.19. The highest BCUT2D eigenvalue weighted by Gasteiger charge is 2.21. The molecule has 50 heavy (non-hydrogen) atoms. The number of carbonyl (C=O) groups is 8. The number of rotatable bonds is 12. The molecule has 4 rings (SSSR count). The smallest absolute Gasteiger partial charge is 0.374 e. The molecule has 0 aliphatic heterocycles. The van der Waals surface area contributed by atoms with Gasteiger partial charge in [-0.15, -0.1) is 0 Å². The van der Waals surface area contributed by atoms with Crippen LogP contribution in [0.3, 0.4) is 0 Å². The standard InChI is InChI=1S/2C10H10O3.2C9H8O3/c1-13-10(12)9(11)7-8-5-3-2-4-6-8;1-7(9(11)10(12)13)8-5-3-2-4-6-8;2*10-8(9(11)12)6-7-4-2-1-3-5-7/h2-6H,7H2,1H3;2-7H,1H3,(H,12,13);2*1-5H,6H2,(H,11,12). The zero-order valence-electron chi connectivity index (χ0n) is 27.3. The molecule has 1 atom stereocenters. The van der Waals surface area contributed by atoms with E-state index in [2.05, 4.69) is 4.74 Å². The molecule has 0 fully saturated rings. The Balaban J connectivity index is 0.000000334. The number of methoxy groups -OCH3 is 1. The van der Waals surface area contributed by atoms with Crippen molar-refractivity contribution in [3.8, 4) is 0 Å². The van der Waals surface area contributed by atoms with Crippen molar-refractivity contribution in [3.63, 3.8) is 0 Å². The fourth-order valence-electron chi connectivity index (χ4n) is 3.76. The summed E-state index contributed by atoms with van der Waals surface area (Å²) in [5.74, 6) is -8.33. The van der Waals surface area contributed by atoms with E-state index in [9.17, 15) is 38.4 Å². The molecule has 0 saturated carbocycles. The van der Waals surface area contributed by atoms with Crippen molar-refractivity contribution in [1.82, 2.24) is 0 Å². The summed E-state index contributed by atoms with van der Waals surface area (Å²) in [6.07, 6.45) is 0.0415. The van der Waals surface area contributed by atoms with Crippen LogP contribution < -0.4 is 0 Å². The van der Waals surface area contributed by atoms with Gasteiger partial charge < -0.3 is 20.1 Å². The normalized spacial score (nSPS) is 10.0. The van der Waals surface area contributed by atoms with Crippen molar-refractivity contribution >= 4 is 47.0 Å². The first-order valence-corrected chi connectivity index (χ1v) is 14.8. The summed E-state index contributed by atoms with van der Waals surface area (Å²) >= 11 is 0. The fourth-order valence-corrected chi connectivity index (χ4v) is 3.76. The van der Waals surface area contributed by atoms with Crippen LogP contribution in [0.15, 0.2) is 121 Å². The zero-order valence-corrected chi connectivity index (χ0v) is 27.3. The highest BCUT2D eigenvalue weighted by Crippen LogP contribution is 2.15. The fraction of sp³-hybridized carbons (Fsp3) is 0.158. The van der Waals surface area contributed by atoms with Gasteiger partial charge in [0, 0.05) is 19.3 Å². The molecular weight excluding hydrogens is 648 g/mol. The summed E-state index contributed by atoms with van der Waals surface area (Å²) < 4.78 is 4.30. The minimum absolute atomic E-state index is 0.0316. The second-order valence-corrected chi connectivity index (χ2v) is 10.2. The van der Waals surface area contributed by atoms with E-state index in [1.54, 1.807) is 91.9 Å². The summed E-state index contributed by atoms with van der Waals surface area (Å²) in [5, 5.41) is 25.1. The molecule has 0 radical (unpaired) electrons. The molecule has 3 N–H and O–H groups in total. The van der Waals surface area contributed by atoms with Crippen molar-refractivity contribution < 1.29 is 58.4 Å². The number of carboxylic acids is 3. The number of esters is 1. The number of hydrogen-bond acceptors (Lipinski definition) is 9. The van der Waals surface area contributed by atoms with Gasteiger partial charge in [-0.2, -0.15) is 0 Å². The lowest BCUT2D eigenvalue weighted by atomic mass is 9.97. The van der Waals surface area contributed by atoms with E-state index in [0.29, 0.717) is 0 Å². The van der Waals surface area contributed by atoms with Crippen LogP contribution in [-0.4, -0.2) is 69.4 Å². The number of ether oxygens (including phenoxy) is 1. The molecular formula is C38H36O12. The van der Waals surface area contributed by atoms with E-state index >= 15 is 0 Å². The van der Waals surface area contributed by atoms with Crippen LogP contribution in [0, 0.1) is 0 Å². The van der Waals surface area contributed by atoms with Gasteiger partial charge in [-0.1, -0.05) is 128 Å². The van der Waals surface area contributed by atoms with Crippen LogP contribution in [0.25, 0.3) is 0 Å². The summed E-state index contributed by atoms with van der Waals surface area (Å²) in [4.78, 5) is 85.0. The van der Waals surface area contributed by atoms with Gasteiger partial charge in [0.15, 0.2) is 0 Å². The largest absolute Gasteiger partial charge is 0.475 e. The predicted octanol–water partition coefficient (Wildman–Crippen LogP) is 4.18. The SMILES string of the molecule is CC(C(=O)C(=O)O)c1ccccc1.COC(=O)C(=O)Cc1ccccc1.O=C(O)C(=O)Cc1ccccc1.O=C(O)C(=O)Cc1ccccc1. The van der Waals surface area contributed by atoms with E-state index in [0.717, 1.165) is 22.3 Å². The third-order valence-electron chi connectivity index (χ3n) is 6.42. The number of benzene rings is 4. The zero-order chi connectivity index (χ0) is 37.5. The van der Waals surface area contributed by atoms with Crippen LogP contribution in [0.2, 0.25) is 0 Å². The van der Waals surface area contributed by atoms with Crippen molar-refractivity contribution in [3.05, 3.63) is 144 Å². The number of aliphatic carboxylic acids is 3. The molecule has 12 heteroatoms. The Morgan fingerprint density at radius 3 is 1.06 bits per heavy atom. The molecule has 260 valence electrons. The quantitative estimate of drug-likeness (QED) is 0.142. The molecule has 1 unspecified atom stereocenters. The van der Waals surface area contributed by atoms with Crippen LogP contribution in [0.1, 0.15) is 35.1 Å². The lowest BCUT2D eigenvalue weighted by molar-refractivity contribution is -0.151. The summed E-state index contributed by atoms with van der Waals surface area (Å²) in [5.41, 5.74) is 3.00. The molecule has 0 saturated heterocycles. The van der Waals surface area contributed by atoms with Gasteiger partial charge in [0.1, 0.15) is 0 Å². The molecule has 0 aliphatic rings. The Kier molecular flexibility index (Phi) is 19.0. The van der Waals surface area contributed by atoms with Gasteiger partial charge in [0.25, 0.3) is 0 Å². The molecule has 0 aliphatic carbocycles. The second kappa shape index (κ2) is 22.9. The summed E-state index contributed by atoms with van der Waals surface area (Å²) in [7, 11) is 1.20. The highest BCUT2D eigenvalue weighted by atomic mass is 16.5. The molecule has 4 aromatic rings. The lowest BCUT2D eigenvalue weighted by Gasteiger charge is -2.06. The van der Waals surface area contributed by atoms with Gasteiger partial charge in [-0.25, -0.2) is 19.2 Å². The van der Waals surface area contributed by atoms with Gasteiger partial charge in [0.05, 0.1) is 13.0 Å². The Labute approximate surface area is 288 Å². The second-order valence-electron chi connectivity index (χ2n) is 10.2. The maximum atomic E-state index is 11.1. The van der Waals surface area contributed by atoms with Crippen LogP contribution in [-0.2, 0) is 62.4 Å². The van der Waals surface area contributed by atoms with E-state index < -0.39 is 52.9 Å². The van der Waals surface area contributed by atoms with Crippen molar-refractivity contribution in [2.45, 2.75) is 32.1 Å². The molecule has 0 aromatic heterocycles.